The maximum atomic E-state index is 8.93. The first kappa shape index (κ1) is 15.4. The Morgan fingerprint density at radius 1 is 0.846 bits per heavy atom. The number of hydrogen-bond acceptors (Lipinski definition) is 1. The van der Waals surface area contributed by atoms with Crippen molar-refractivity contribution < 1.29 is 9.59 Å². The van der Waals surface area contributed by atoms with E-state index in [1.807, 2.05) is 0 Å². The highest BCUT2D eigenvalue weighted by Gasteiger charge is 2.17. The van der Waals surface area contributed by atoms with Crippen LogP contribution in [-0.2, 0) is 0 Å². The van der Waals surface area contributed by atoms with Crippen LogP contribution in [0, 0.1) is 0 Å². The van der Waals surface area contributed by atoms with Crippen LogP contribution in [0.15, 0.2) is 0 Å². The molecule has 13 heavy (non-hydrogen) atoms. The molecular weight excluding hydrogens is 162 g/mol. The molecule has 0 saturated heterocycles. The van der Waals surface area contributed by atoms with Crippen LogP contribution >= 0.6 is 0 Å². The highest BCUT2D eigenvalue weighted by molar-refractivity contribution is 4.35. The summed E-state index contributed by atoms with van der Waals surface area (Å²) in [5.74, 6) is 0. The lowest BCUT2D eigenvalue weighted by Crippen LogP contribution is -2.47. The minimum Gasteiger partial charge on any atom is -0.855 e. The molecule has 0 aliphatic heterocycles. The molecule has 0 saturated carbocycles. The van der Waals surface area contributed by atoms with Gasteiger partial charge in [0.2, 0.25) is 0 Å². The zero-order chi connectivity index (χ0) is 10.7. The second-order valence-electron chi connectivity index (χ2n) is 3.30. The molecule has 0 radical (unpaired) electrons. The van der Waals surface area contributed by atoms with Crippen molar-refractivity contribution in [3.63, 3.8) is 0 Å². The molecule has 0 N–H and O–H groups in total. The standard InChI is InChI=1S/C9H22N.C2H5O/c1-5-9-10(6-2,7-3)8-4;1-2-3/h5-9H2,1-4H3;2H2,1H3/q+1;-1. The van der Waals surface area contributed by atoms with Crippen LogP contribution in [0.3, 0.4) is 0 Å². The summed E-state index contributed by atoms with van der Waals surface area (Å²) in [6.07, 6.45) is 1.32. The summed E-state index contributed by atoms with van der Waals surface area (Å²) >= 11 is 0. The van der Waals surface area contributed by atoms with E-state index < -0.39 is 0 Å². The van der Waals surface area contributed by atoms with Gasteiger partial charge in [0.1, 0.15) is 0 Å². The van der Waals surface area contributed by atoms with Crippen LogP contribution in [0.2, 0.25) is 0 Å². The van der Waals surface area contributed by atoms with E-state index >= 15 is 0 Å². The molecule has 0 atom stereocenters. The highest BCUT2D eigenvalue weighted by Crippen LogP contribution is 2.06. The van der Waals surface area contributed by atoms with Crippen molar-refractivity contribution in [3.8, 4) is 0 Å². The van der Waals surface area contributed by atoms with Crippen LogP contribution in [0.25, 0.3) is 0 Å². The summed E-state index contributed by atoms with van der Waals surface area (Å²) in [7, 11) is 0. The Hall–Kier alpha value is -0.0800. The SMILES string of the molecule is CCC[N+](CC)(CC)CC.CC[O-]. The molecule has 0 aromatic carbocycles. The first-order valence-electron chi connectivity index (χ1n) is 5.59. The molecule has 0 heterocycles. The smallest absolute Gasteiger partial charge is 0.0783 e. The Labute approximate surface area is 84.2 Å². The van der Waals surface area contributed by atoms with E-state index in [0.29, 0.717) is 0 Å². The zero-order valence-electron chi connectivity index (χ0n) is 10.1. The fourth-order valence-corrected chi connectivity index (χ4v) is 1.62. The van der Waals surface area contributed by atoms with Gasteiger partial charge in [-0.15, -0.1) is 6.61 Å². The van der Waals surface area contributed by atoms with E-state index in [1.165, 1.54) is 37.1 Å². The van der Waals surface area contributed by atoms with E-state index in [4.69, 9.17) is 5.11 Å². The molecular formula is C11H27NO. The Morgan fingerprint density at radius 3 is 1.23 bits per heavy atom. The third-order valence-electron chi connectivity index (χ3n) is 2.71. The predicted molar refractivity (Wildman–Crippen MR) is 57.6 cm³/mol. The quantitative estimate of drug-likeness (QED) is 0.603. The van der Waals surface area contributed by atoms with Gasteiger partial charge in [0.15, 0.2) is 0 Å². The van der Waals surface area contributed by atoms with Crippen molar-refractivity contribution in [1.29, 1.82) is 0 Å². The van der Waals surface area contributed by atoms with Gasteiger partial charge in [-0.1, -0.05) is 13.8 Å². The minimum absolute atomic E-state index is 0. The third kappa shape index (κ3) is 7.03. The normalized spacial score (nSPS) is 10.6. The maximum Gasteiger partial charge on any atom is 0.0783 e. The summed E-state index contributed by atoms with van der Waals surface area (Å²) in [5, 5.41) is 8.93. The van der Waals surface area contributed by atoms with Gasteiger partial charge >= 0.3 is 0 Å². The average Bonchev–Trinajstić information content (AvgIpc) is 2.16. The Kier molecular flexibility index (Phi) is 11.8. The number of hydrogen-bond donors (Lipinski definition) is 0. The third-order valence-corrected chi connectivity index (χ3v) is 2.71. The molecule has 0 aliphatic rings. The Bertz CT molecular complexity index is 81.8. The summed E-state index contributed by atoms with van der Waals surface area (Å²) in [5.41, 5.74) is 0. The second kappa shape index (κ2) is 10.0. The molecule has 0 bridgehead atoms. The van der Waals surface area contributed by atoms with Crippen molar-refractivity contribution in [1.82, 2.24) is 0 Å². The van der Waals surface area contributed by atoms with E-state index in [2.05, 4.69) is 27.7 Å². The van der Waals surface area contributed by atoms with Gasteiger partial charge in [0.05, 0.1) is 26.2 Å². The van der Waals surface area contributed by atoms with Gasteiger partial charge in [-0.2, -0.15) is 0 Å². The molecule has 0 unspecified atom stereocenters. The van der Waals surface area contributed by atoms with E-state index in [1.54, 1.807) is 6.92 Å². The van der Waals surface area contributed by atoms with Crippen LogP contribution in [0.4, 0.5) is 0 Å². The van der Waals surface area contributed by atoms with E-state index in [-0.39, 0.29) is 6.61 Å². The highest BCUT2D eigenvalue weighted by atomic mass is 16.2. The molecule has 0 rings (SSSR count). The topological polar surface area (TPSA) is 23.1 Å². The van der Waals surface area contributed by atoms with Crippen molar-refractivity contribution in [2.24, 2.45) is 0 Å². The number of nitrogens with zero attached hydrogens (tertiary/aromatic N) is 1. The van der Waals surface area contributed by atoms with Crippen molar-refractivity contribution in [2.45, 2.75) is 41.0 Å². The van der Waals surface area contributed by atoms with Gasteiger partial charge in [-0.25, -0.2) is 0 Å². The Balaban J connectivity index is 0. The van der Waals surface area contributed by atoms with Crippen LogP contribution in [-0.4, -0.2) is 37.3 Å². The second-order valence-corrected chi connectivity index (χ2v) is 3.30. The fourth-order valence-electron chi connectivity index (χ4n) is 1.62. The predicted octanol–water partition coefficient (Wildman–Crippen LogP) is 1.64. The molecule has 0 fully saturated rings. The summed E-state index contributed by atoms with van der Waals surface area (Å²) in [6, 6.07) is 0. The molecule has 0 aromatic rings. The first-order chi connectivity index (χ1) is 6.16. The largest absolute Gasteiger partial charge is 0.855 e. The maximum absolute atomic E-state index is 8.93. The van der Waals surface area contributed by atoms with Crippen molar-refractivity contribution in [2.75, 3.05) is 32.8 Å². The Morgan fingerprint density at radius 2 is 1.15 bits per heavy atom. The summed E-state index contributed by atoms with van der Waals surface area (Å²) in [6.45, 7) is 16.0. The minimum atomic E-state index is 0. The number of rotatable bonds is 5. The zero-order valence-corrected chi connectivity index (χ0v) is 10.1. The van der Waals surface area contributed by atoms with E-state index in [9.17, 15) is 0 Å². The van der Waals surface area contributed by atoms with Gasteiger partial charge in [0, 0.05) is 0 Å². The first-order valence-corrected chi connectivity index (χ1v) is 5.59. The molecule has 0 spiro atoms. The van der Waals surface area contributed by atoms with Crippen LogP contribution < -0.4 is 5.11 Å². The van der Waals surface area contributed by atoms with Crippen molar-refractivity contribution >= 4 is 0 Å². The lowest BCUT2D eigenvalue weighted by molar-refractivity contribution is -0.923. The van der Waals surface area contributed by atoms with Crippen LogP contribution in [0.1, 0.15) is 41.0 Å². The van der Waals surface area contributed by atoms with Gasteiger partial charge in [-0.05, 0) is 27.2 Å². The fraction of sp³-hybridized carbons (Fsp3) is 1.00. The molecule has 82 valence electrons. The average molecular weight is 189 g/mol. The molecule has 2 heteroatoms. The van der Waals surface area contributed by atoms with Crippen LogP contribution in [0.5, 0.6) is 0 Å². The van der Waals surface area contributed by atoms with Gasteiger partial charge in [-0.3, -0.25) is 0 Å². The van der Waals surface area contributed by atoms with Gasteiger partial charge in [0.25, 0.3) is 0 Å². The van der Waals surface area contributed by atoms with E-state index in [0.717, 1.165) is 0 Å². The number of quaternary nitrogens is 1. The molecule has 2 nitrogen and oxygen atoms in total. The summed E-state index contributed by atoms with van der Waals surface area (Å²) in [4.78, 5) is 0. The molecule has 0 amide bonds. The lowest BCUT2D eigenvalue weighted by Gasteiger charge is -2.35. The van der Waals surface area contributed by atoms with Crippen molar-refractivity contribution in [3.05, 3.63) is 0 Å². The summed E-state index contributed by atoms with van der Waals surface area (Å²) < 4.78 is 1.30. The molecule has 0 aliphatic carbocycles. The van der Waals surface area contributed by atoms with Gasteiger partial charge < -0.3 is 9.59 Å². The lowest BCUT2D eigenvalue weighted by atomic mass is 10.3. The monoisotopic (exact) mass is 189 g/mol. The molecule has 0 aromatic heterocycles.